The Morgan fingerprint density at radius 2 is 1.85 bits per heavy atom. The molecule has 1 atom stereocenters. The molecule has 2 rings (SSSR count). The van der Waals surface area contributed by atoms with Crippen LogP contribution in [0.15, 0.2) is 0 Å². The fourth-order valence-electron chi connectivity index (χ4n) is 2.52. The van der Waals surface area contributed by atoms with Crippen molar-refractivity contribution < 1.29 is 13.2 Å². The summed E-state index contributed by atoms with van der Waals surface area (Å²) in [5.74, 6) is 0.732. The van der Waals surface area contributed by atoms with E-state index in [0.29, 0.717) is 13.1 Å². The Bertz CT molecular complexity index is 440. The topological polar surface area (TPSA) is 83.7 Å². The number of rotatable bonds is 6. The Hall–Kier alpha value is -0.660. The molecule has 1 aliphatic heterocycles. The van der Waals surface area contributed by atoms with Crippen LogP contribution < -0.4 is 5.73 Å². The summed E-state index contributed by atoms with van der Waals surface area (Å²) >= 11 is 0. The maximum atomic E-state index is 12.1. The van der Waals surface area contributed by atoms with E-state index in [1.54, 1.807) is 4.90 Å². The zero-order valence-electron chi connectivity index (χ0n) is 12.1. The molecule has 0 radical (unpaired) electrons. The molecule has 2 aliphatic rings. The van der Waals surface area contributed by atoms with Crippen molar-refractivity contribution in [1.29, 1.82) is 0 Å². The monoisotopic (exact) mass is 303 g/mol. The van der Waals surface area contributed by atoms with Gasteiger partial charge < -0.3 is 10.6 Å². The third-order valence-electron chi connectivity index (χ3n) is 4.01. The molecule has 1 unspecified atom stereocenters. The van der Waals surface area contributed by atoms with E-state index in [2.05, 4.69) is 4.90 Å². The first-order valence-corrected chi connectivity index (χ1v) is 9.35. The van der Waals surface area contributed by atoms with Crippen molar-refractivity contribution >= 4 is 15.7 Å². The lowest BCUT2D eigenvalue weighted by molar-refractivity contribution is -0.134. The van der Waals surface area contributed by atoms with Gasteiger partial charge in [-0.25, -0.2) is 8.42 Å². The molecule has 116 valence electrons. The summed E-state index contributed by atoms with van der Waals surface area (Å²) in [6, 6.07) is -0.695. The van der Waals surface area contributed by atoms with Crippen molar-refractivity contribution in [3.05, 3.63) is 0 Å². The van der Waals surface area contributed by atoms with Crippen LogP contribution in [0.2, 0.25) is 0 Å². The van der Waals surface area contributed by atoms with Crippen molar-refractivity contribution in [2.24, 2.45) is 11.7 Å². The molecule has 0 aromatic carbocycles. The van der Waals surface area contributed by atoms with E-state index in [1.165, 1.54) is 19.1 Å². The van der Waals surface area contributed by atoms with Crippen LogP contribution in [0.1, 0.15) is 19.3 Å². The molecular formula is C13H25N3O3S. The average Bonchev–Trinajstić information content (AvgIpc) is 3.19. The fourth-order valence-corrected chi connectivity index (χ4v) is 3.20. The molecule has 0 spiro atoms. The fraction of sp³-hybridized carbons (Fsp3) is 0.923. The number of sulfone groups is 1. The van der Waals surface area contributed by atoms with Gasteiger partial charge in [-0.2, -0.15) is 0 Å². The number of hydrogen-bond donors (Lipinski definition) is 1. The molecule has 1 amide bonds. The van der Waals surface area contributed by atoms with Crippen LogP contribution in [0.25, 0.3) is 0 Å². The minimum atomic E-state index is -3.06. The first-order chi connectivity index (χ1) is 9.35. The lowest BCUT2D eigenvalue weighted by atomic mass is 10.2. The summed E-state index contributed by atoms with van der Waals surface area (Å²) in [7, 11) is -3.06. The van der Waals surface area contributed by atoms with Crippen LogP contribution >= 0.6 is 0 Å². The van der Waals surface area contributed by atoms with Gasteiger partial charge in [-0.15, -0.1) is 0 Å². The van der Waals surface area contributed by atoms with Crippen LogP contribution in [0.3, 0.4) is 0 Å². The quantitative estimate of drug-likeness (QED) is 0.702. The lowest BCUT2D eigenvalue weighted by Gasteiger charge is -2.36. The Labute approximate surface area is 121 Å². The second-order valence-electron chi connectivity index (χ2n) is 6.09. The molecule has 6 nitrogen and oxygen atoms in total. The van der Waals surface area contributed by atoms with Gasteiger partial charge in [0.1, 0.15) is 9.84 Å². The number of piperazine rings is 1. The van der Waals surface area contributed by atoms with Gasteiger partial charge in [-0.05, 0) is 25.2 Å². The van der Waals surface area contributed by atoms with Crippen molar-refractivity contribution in [2.75, 3.05) is 44.7 Å². The molecule has 0 aromatic rings. The standard InChI is InChI=1S/C13H25N3O3S/c1-20(18,19)9-4-12(14)13(17)16-7-5-15(6-8-16)10-11-2-3-11/h11-12H,2-10,14H2,1H3. The molecule has 0 bridgehead atoms. The summed E-state index contributed by atoms with van der Waals surface area (Å²) in [5, 5.41) is 0. The van der Waals surface area contributed by atoms with Gasteiger partial charge >= 0.3 is 0 Å². The maximum Gasteiger partial charge on any atom is 0.239 e. The Morgan fingerprint density at radius 1 is 1.25 bits per heavy atom. The zero-order chi connectivity index (χ0) is 14.8. The largest absolute Gasteiger partial charge is 0.339 e. The molecule has 1 heterocycles. The van der Waals surface area contributed by atoms with Crippen molar-refractivity contribution in [1.82, 2.24) is 9.80 Å². The molecule has 2 fully saturated rings. The SMILES string of the molecule is CS(=O)(=O)CCC(N)C(=O)N1CCN(CC2CC2)CC1. The molecule has 20 heavy (non-hydrogen) atoms. The third kappa shape index (κ3) is 5.03. The third-order valence-corrected chi connectivity index (χ3v) is 4.99. The summed E-state index contributed by atoms with van der Waals surface area (Å²) in [5.41, 5.74) is 5.81. The van der Waals surface area contributed by atoms with Crippen LogP contribution in [0.5, 0.6) is 0 Å². The highest BCUT2D eigenvalue weighted by Gasteiger charge is 2.29. The van der Waals surface area contributed by atoms with Gasteiger partial charge in [0.2, 0.25) is 5.91 Å². The zero-order valence-corrected chi connectivity index (χ0v) is 12.9. The number of nitrogens with two attached hydrogens (primary N) is 1. The van der Waals surface area contributed by atoms with Gasteiger partial charge in [-0.1, -0.05) is 0 Å². The number of amides is 1. The number of carbonyl (C=O) groups is 1. The van der Waals surface area contributed by atoms with E-state index in [4.69, 9.17) is 5.73 Å². The number of carbonyl (C=O) groups excluding carboxylic acids is 1. The van der Waals surface area contributed by atoms with Gasteiger partial charge in [0.25, 0.3) is 0 Å². The van der Waals surface area contributed by atoms with E-state index < -0.39 is 15.9 Å². The summed E-state index contributed by atoms with van der Waals surface area (Å²) < 4.78 is 22.2. The van der Waals surface area contributed by atoms with Crippen LogP contribution in [0, 0.1) is 5.92 Å². The number of nitrogens with zero attached hydrogens (tertiary/aromatic N) is 2. The smallest absolute Gasteiger partial charge is 0.239 e. The highest BCUT2D eigenvalue weighted by atomic mass is 32.2. The normalized spacial score (nSPS) is 22.8. The van der Waals surface area contributed by atoms with E-state index >= 15 is 0 Å². The minimum absolute atomic E-state index is 0.0262. The lowest BCUT2D eigenvalue weighted by Crippen LogP contribution is -2.53. The summed E-state index contributed by atoms with van der Waals surface area (Å²) in [6.07, 6.45) is 4.06. The summed E-state index contributed by atoms with van der Waals surface area (Å²) in [4.78, 5) is 16.3. The molecule has 7 heteroatoms. The second kappa shape index (κ2) is 6.41. The summed E-state index contributed by atoms with van der Waals surface area (Å²) in [6.45, 7) is 4.38. The van der Waals surface area contributed by atoms with Gasteiger partial charge in [0, 0.05) is 39.0 Å². The minimum Gasteiger partial charge on any atom is -0.339 e. The first-order valence-electron chi connectivity index (χ1n) is 7.29. The molecule has 0 aromatic heterocycles. The van der Waals surface area contributed by atoms with Crippen LogP contribution in [-0.2, 0) is 14.6 Å². The first kappa shape index (κ1) is 15.7. The highest BCUT2D eigenvalue weighted by Crippen LogP contribution is 2.29. The Balaban J connectivity index is 1.72. The van der Waals surface area contributed by atoms with Crippen LogP contribution in [0.4, 0.5) is 0 Å². The van der Waals surface area contributed by atoms with Crippen molar-refractivity contribution in [2.45, 2.75) is 25.3 Å². The molecule has 2 N–H and O–H groups in total. The number of hydrogen-bond acceptors (Lipinski definition) is 5. The Kier molecular flexibility index (Phi) is 5.04. The predicted molar refractivity (Wildman–Crippen MR) is 78.0 cm³/mol. The van der Waals surface area contributed by atoms with E-state index in [1.807, 2.05) is 0 Å². The maximum absolute atomic E-state index is 12.1. The highest BCUT2D eigenvalue weighted by molar-refractivity contribution is 7.90. The van der Waals surface area contributed by atoms with Crippen molar-refractivity contribution in [3.8, 4) is 0 Å². The van der Waals surface area contributed by atoms with E-state index in [-0.39, 0.29) is 18.1 Å². The van der Waals surface area contributed by atoms with Gasteiger partial charge in [0.15, 0.2) is 0 Å². The molecule has 1 saturated heterocycles. The average molecular weight is 303 g/mol. The second-order valence-corrected chi connectivity index (χ2v) is 8.35. The van der Waals surface area contributed by atoms with E-state index in [9.17, 15) is 13.2 Å². The van der Waals surface area contributed by atoms with Crippen molar-refractivity contribution in [3.63, 3.8) is 0 Å². The van der Waals surface area contributed by atoms with Gasteiger partial charge in [-0.3, -0.25) is 9.69 Å². The van der Waals surface area contributed by atoms with E-state index in [0.717, 1.165) is 25.6 Å². The van der Waals surface area contributed by atoms with Crippen LogP contribution in [-0.4, -0.2) is 74.9 Å². The molecule has 1 saturated carbocycles. The van der Waals surface area contributed by atoms with Gasteiger partial charge in [0.05, 0.1) is 11.8 Å². The molecule has 1 aliphatic carbocycles. The Morgan fingerprint density at radius 3 is 2.35 bits per heavy atom. The molecular weight excluding hydrogens is 278 g/mol. The predicted octanol–water partition coefficient (Wildman–Crippen LogP) is -0.697.